The van der Waals surface area contributed by atoms with Gasteiger partial charge in [-0.25, -0.2) is 8.78 Å². The summed E-state index contributed by atoms with van der Waals surface area (Å²) in [5.41, 5.74) is 0.420. The van der Waals surface area contributed by atoms with Crippen LogP contribution in [-0.4, -0.2) is 32.1 Å². The molecule has 0 spiro atoms. The van der Waals surface area contributed by atoms with Crippen LogP contribution < -0.4 is 5.32 Å². The molecule has 1 aliphatic heterocycles. The second-order valence-corrected chi connectivity index (χ2v) is 4.51. The van der Waals surface area contributed by atoms with Crippen molar-refractivity contribution in [2.45, 2.75) is 12.0 Å². The molecule has 0 bridgehead atoms. The Hall–Kier alpha value is -1.00. The monoisotopic (exact) mass is 226 g/mol. The molecule has 1 atom stereocenters. The summed E-state index contributed by atoms with van der Waals surface area (Å²) in [7, 11) is 3.88. The summed E-state index contributed by atoms with van der Waals surface area (Å²) >= 11 is 0. The molecule has 0 saturated carbocycles. The maximum atomic E-state index is 13.2. The number of nitrogens with one attached hydrogen (secondary N) is 1. The quantitative estimate of drug-likeness (QED) is 0.826. The average Bonchev–Trinajstić information content (AvgIpc) is 2.65. The van der Waals surface area contributed by atoms with Crippen molar-refractivity contribution < 1.29 is 8.78 Å². The van der Waals surface area contributed by atoms with Gasteiger partial charge >= 0.3 is 0 Å². The number of hydrogen-bond acceptors (Lipinski definition) is 2. The Morgan fingerprint density at radius 2 is 1.81 bits per heavy atom. The second-order valence-electron chi connectivity index (χ2n) is 4.51. The van der Waals surface area contributed by atoms with Crippen LogP contribution in [0, 0.1) is 11.6 Å². The van der Waals surface area contributed by atoms with Crippen LogP contribution in [0.5, 0.6) is 0 Å². The predicted molar refractivity (Wildman–Crippen MR) is 59.2 cm³/mol. The Morgan fingerprint density at radius 3 is 2.25 bits per heavy atom. The van der Waals surface area contributed by atoms with Crippen molar-refractivity contribution in [1.29, 1.82) is 0 Å². The first-order valence-electron chi connectivity index (χ1n) is 5.39. The van der Waals surface area contributed by atoms with Gasteiger partial charge in [0.15, 0.2) is 0 Å². The summed E-state index contributed by atoms with van der Waals surface area (Å²) in [6.45, 7) is 1.60. The fraction of sp³-hybridized carbons (Fsp3) is 0.500. The Labute approximate surface area is 94.3 Å². The van der Waals surface area contributed by atoms with Crippen molar-refractivity contribution >= 4 is 0 Å². The highest BCUT2D eigenvalue weighted by Crippen LogP contribution is 2.33. The van der Waals surface area contributed by atoms with Crippen LogP contribution in [-0.2, 0) is 5.54 Å². The second kappa shape index (κ2) is 4.11. The molecule has 1 aliphatic rings. The molecule has 88 valence electrons. The van der Waals surface area contributed by atoms with Crippen molar-refractivity contribution in [3.8, 4) is 0 Å². The molecule has 0 amide bonds. The van der Waals surface area contributed by atoms with E-state index in [1.165, 1.54) is 12.1 Å². The van der Waals surface area contributed by atoms with Crippen molar-refractivity contribution in [2.24, 2.45) is 0 Å². The van der Waals surface area contributed by atoms with Gasteiger partial charge in [0.1, 0.15) is 11.6 Å². The molecule has 1 N–H and O–H groups in total. The minimum Gasteiger partial charge on any atom is -0.314 e. The van der Waals surface area contributed by atoms with Crippen LogP contribution >= 0.6 is 0 Å². The highest BCUT2D eigenvalue weighted by atomic mass is 19.1. The van der Waals surface area contributed by atoms with E-state index in [1.807, 2.05) is 19.0 Å². The lowest BCUT2D eigenvalue weighted by Gasteiger charge is -2.36. The molecule has 0 aliphatic carbocycles. The van der Waals surface area contributed by atoms with E-state index in [1.54, 1.807) is 0 Å². The molecule has 0 radical (unpaired) electrons. The van der Waals surface area contributed by atoms with E-state index < -0.39 is 11.6 Å². The van der Waals surface area contributed by atoms with Crippen molar-refractivity contribution in [1.82, 2.24) is 10.2 Å². The molecule has 1 fully saturated rings. The number of benzene rings is 1. The van der Waals surface area contributed by atoms with Gasteiger partial charge in [-0.3, -0.25) is 4.90 Å². The number of nitrogens with zero attached hydrogens (tertiary/aromatic N) is 1. The van der Waals surface area contributed by atoms with Gasteiger partial charge in [0, 0.05) is 12.6 Å². The highest BCUT2D eigenvalue weighted by Gasteiger charge is 2.38. The summed E-state index contributed by atoms with van der Waals surface area (Å²) in [5, 5.41) is 3.25. The number of rotatable bonds is 2. The Bertz CT molecular complexity index is 364. The topological polar surface area (TPSA) is 15.3 Å². The molecule has 1 heterocycles. The van der Waals surface area contributed by atoms with E-state index in [0.717, 1.165) is 25.6 Å². The van der Waals surface area contributed by atoms with Gasteiger partial charge < -0.3 is 5.32 Å². The van der Waals surface area contributed by atoms with Gasteiger partial charge in [0.25, 0.3) is 0 Å². The zero-order chi connectivity index (χ0) is 11.8. The van der Waals surface area contributed by atoms with Gasteiger partial charge in [-0.05, 0) is 44.8 Å². The zero-order valence-corrected chi connectivity index (χ0v) is 9.56. The molecule has 1 aromatic carbocycles. The van der Waals surface area contributed by atoms with E-state index in [4.69, 9.17) is 0 Å². The average molecular weight is 226 g/mol. The third-order valence-electron chi connectivity index (χ3n) is 3.39. The van der Waals surface area contributed by atoms with E-state index in [0.29, 0.717) is 5.56 Å². The molecular weight excluding hydrogens is 210 g/mol. The standard InChI is InChI=1S/C12H16F2N2/c1-16(2)12(3-4-15-8-12)9-5-10(13)7-11(14)6-9/h5-7,15H,3-4,8H2,1-2H3. The molecule has 2 rings (SSSR count). The van der Waals surface area contributed by atoms with Crippen molar-refractivity contribution in [2.75, 3.05) is 27.2 Å². The third kappa shape index (κ3) is 1.83. The van der Waals surface area contributed by atoms with Crippen LogP contribution in [0.3, 0.4) is 0 Å². The number of likely N-dealkylation sites (N-methyl/N-ethyl adjacent to an activating group) is 1. The lowest BCUT2D eigenvalue weighted by Crippen LogP contribution is -2.43. The Balaban J connectivity index is 2.47. The Morgan fingerprint density at radius 1 is 1.19 bits per heavy atom. The van der Waals surface area contributed by atoms with E-state index in [9.17, 15) is 8.78 Å². The smallest absolute Gasteiger partial charge is 0.126 e. The first kappa shape index (κ1) is 11.5. The normalized spacial score (nSPS) is 25.3. The van der Waals surface area contributed by atoms with E-state index in [2.05, 4.69) is 5.32 Å². The highest BCUT2D eigenvalue weighted by molar-refractivity contribution is 5.28. The number of halogens is 2. The van der Waals surface area contributed by atoms with Crippen LogP contribution in [0.25, 0.3) is 0 Å². The van der Waals surface area contributed by atoms with Crippen LogP contribution in [0.2, 0.25) is 0 Å². The minimum absolute atomic E-state index is 0.289. The van der Waals surface area contributed by atoms with Gasteiger partial charge in [0.2, 0.25) is 0 Å². The predicted octanol–water partition coefficient (Wildman–Crippen LogP) is 1.71. The largest absolute Gasteiger partial charge is 0.314 e. The SMILES string of the molecule is CN(C)C1(c2cc(F)cc(F)c2)CCNC1. The van der Waals surface area contributed by atoms with E-state index in [-0.39, 0.29) is 5.54 Å². The van der Waals surface area contributed by atoms with Gasteiger partial charge in [0.05, 0.1) is 5.54 Å². The lowest BCUT2D eigenvalue weighted by molar-refractivity contribution is 0.173. The molecule has 4 heteroatoms. The lowest BCUT2D eigenvalue weighted by atomic mass is 9.87. The van der Waals surface area contributed by atoms with Crippen LogP contribution in [0.4, 0.5) is 8.78 Å². The first-order valence-corrected chi connectivity index (χ1v) is 5.39. The summed E-state index contributed by atoms with van der Waals surface area (Å²) in [6, 6.07) is 3.77. The fourth-order valence-corrected chi connectivity index (χ4v) is 2.39. The summed E-state index contributed by atoms with van der Waals surface area (Å²) in [4.78, 5) is 2.03. The zero-order valence-electron chi connectivity index (χ0n) is 9.56. The minimum atomic E-state index is -0.511. The third-order valence-corrected chi connectivity index (χ3v) is 3.39. The summed E-state index contributed by atoms with van der Waals surface area (Å²) in [5.74, 6) is -1.02. The van der Waals surface area contributed by atoms with Gasteiger partial charge in [-0.1, -0.05) is 0 Å². The molecule has 2 nitrogen and oxygen atoms in total. The van der Waals surface area contributed by atoms with Crippen LogP contribution in [0.15, 0.2) is 18.2 Å². The molecule has 0 aromatic heterocycles. The summed E-state index contributed by atoms with van der Waals surface area (Å²) in [6.07, 6.45) is 0.864. The molecule has 1 saturated heterocycles. The molecular formula is C12H16F2N2. The first-order chi connectivity index (χ1) is 7.54. The van der Waals surface area contributed by atoms with Crippen molar-refractivity contribution in [3.05, 3.63) is 35.4 Å². The van der Waals surface area contributed by atoms with Gasteiger partial charge in [-0.15, -0.1) is 0 Å². The van der Waals surface area contributed by atoms with E-state index >= 15 is 0 Å². The number of hydrogen-bond donors (Lipinski definition) is 1. The van der Waals surface area contributed by atoms with Crippen LogP contribution in [0.1, 0.15) is 12.0 Å². The van der Waals surface area contributed by atoms with Gasteiger partial charge in [-0.2, -0.15) is 0 Å². The molecule has 1 unspecified atom stereocenters. The Kier molecular flexibility index (Phi) is 2.95. The molecule has 16 heavy (non-hydrogen) atoms. The van der Waals surface area contributed by atoms with Crippen molar-refractivity contribution in [3.63, 3.8) is 0 Å². The fourth-order valence-electron chi connectivity index (χ4n) is 2.39. The maximum absolute atomic E-state index is 13.2. The summed E-state index contributed by atoms with van der Waals surface area (Å²) < 4.78 is 26.5. The maximum Gasteiger partial charge on any atom is 0.126 e. The molecule has 1 aromatic rings.